The number of nitrogens with one attached hydrogen (secondary N) is 2. The van der Waals surface area contributed by atoms with Crippen molar-refractivity contribution >= 4 is 74.4 Å². The Morgan fingerprint density at radius 3 is 2.62 bits per heavy atom. The van der Waals surface area contributed by atoms with Gasteiger partial charge in [0.1, 0.15) is 17.4 Å². The SMILES string of the molecule is C=c1cc(C)c(C=CC2=C(C(=O)O)NC(C(NC(=O)Cc3ccccc3)C(=O)OCP)SC2)cc1=CC(=O)Cl. The van der Waals surface area contributed by atoms with Crippen LogP contribution < -0.4 is 21.1 Å². The van der Waals surface area contributed by atoms with E-state index in [0.717, 1.165) is 16.7 Å². The van der Waals surface area contributed by atoms with Crippen LogP contribution in [0.3, 0.4) is 0 Å². The third kappa shape index (κ3) is 8.55. The predicted octanol–water partition coefficient (Wildman–Crippen LogP) is 2.07. The van der Waals surface area contributed by atoms with Gasteiger partial charge in [0, 0.05) is 11.8 Å². The van der Waals surface area contributed by atoms with Crippen molar-refractivity contribution in [3.05, 3.63) is 86.9 Å². The molecule has 8 nitrogen and oxygen atoms in total. The number of halogens is 1. The Morgan fingerprint density at radius 1 is 1.26 bits per heavy atom. The standard InChI is InChI=1S/C28H28ClN2O6PS/c1-16-10-17(2)21(13-22(29)32)12-19(16)8-9-20-14-39-26(31-24(20)27(34)35)25(28(36)37-15-38)30-23(33)11-18-6-4-3-5-7-18/h3-10,12-13,25-26,31H,2,11,14-15,38H2,1H3,(H,30,33)(H,34,35). The van der Waals surface area contributed by atoms with Gasteiger partial charge in [0.2, 0.25) is 11.1 Å². The lowest BCUT2D eigenvalue weighted by Gasteiger charge is -2.31. The maximum absolute atomic E-state index is 12.7. The third-order valence-electron chi connectivity index (χ3n) is 5.81. The molecule has 204 valence electrons. The normalized spacial score (nSPS) is 16.5. The van der Waals surface area contributed by atoms with Crippen molar-refractivity contribution in [3.8, 4) is 0 Å². The number of amides is 1. The molecular formula is C28H28ClN2O6PS. The summed E-state index contributed by atoms with van der Waals surface area (Å²) in [5, 5.41) is 15.3. The number of benzene rings is 2. The molecule has 11 heteroatoms. The minimum atomic E-state index is -1.21. The Labute approximate surface area is 237 Å². The molecule has 0 aliphatic carbocycles. The molecule has 0 bridgehead atoms. The topological polar surface area (TPSA) is 122 Å². The fraction of sp³-hybridized carbons (Fsp3) is 0.214. The van der Waals surface area contributed by atoms with Gasteiger partial charge in [-0.1, -0.05) is 64.4 Å². The number of allylic oxidation sites excluding steroid dienone is 1. The number of carbonyl (C=O) groups excluding carboxylic acids is 3. The van der Waals surface area contributed by atoms with Crippen LogP contribution in [0.4, 0.5) is 0 Å². The van der Waals surface area contributed by atoms with Crippen LogP contribution in [0.25, 0.3) is 18.7 Å². The van der Waals surface area contributed by atoms with Gasteiger partial charge in [-0.15, -0.1) is 11.8 Å². The summed E-state index contributed by atoms with van der Waals surface area (Å²) in [6.07, 6.45) is 4.76. The van der Waals surface area contributed by atoms with Gasteiger partial charge in [-0.25, -0.2) is 9.59 Å². The molecule has 3 N–H and O–H groups in total. The van der Waals surface area contributed by atoms with Crippen molar-refractivity contribution in [1.29, 1.82) is 0 Å². The first kappa shape index (κ1) is 30.2. The molecule has 0 saturated carbocycles. The van der Waals surface area contributed by atoms with Crippen molar-refractivity contribution in [1.82, 2.24) is 10.6 Å². The monoisotopic (exact) mass is 586 g/mol. The van der Waals surface area contributed by atoms with E-state index in [1.165, 1.54) is 17.8 Å². The summed E-state index contributed by atoms with van der Waals surface area (Å²) >= 11 is 6.77. The van der Waals surface area contributed by atoms with Crippen LogP contribution in [0, 0.1) is 6.92 Å². The third-order valence-corrected chi connectivity index (χ3v) is 7.31. The highest BCUT2D eigenvalue weighted by Crippen LogP contribution is 2.27. The van der Waals surface area contributed by atoms with Gasteiger partial charge in [0.15, 0.2) is 6.04 Å². The van der Waals surface area contributed by atoms with E-state index < -0.39 is 34.5 Å². The van der Waals surface area contributed by atoms with Crippen LogP contribution in [-0.2, 0) is 30.3 Å². The van der Waals surface area contributed by atoms with Gasteiger partial charge in [0.25, 0.3) is 0 Å². The summed E-state index contributed by atoms with van der Waals surface area (Å²) in [6, 6.07) is 11.5. The Balaban J connectivity index is 1.86. The van der Waals surface area contributed by atoms with Gasteiger partial charge in [0.05, 0.1) is 6.42 Å². The predicted molar refractivity (Wildman–Crippen MR) is 157 cm³/mol. The van der Waals surface area contributed by atoms with E-state index in [1.54, 1.807) is 30.4 Å². The summed E-state index contributed by atoms with van der Waals surface area (Å²) in [4.78, 5) is 49.0. The highest BCUT2D eigenvalue weighted by atomic mass is 35.5. The molecule has 0 aromatic heterocycles. The number of aliphatic carboxylic acids is 1. The smallest absolute Gasteiger partial charge is 0.352 e. The number of rotatable bonds is 10. The maximum atomic E-state index is 12.7. The van der Waals surface area contributed by atoms with Gasteiger partial charge in [-0.05, 0) is 57.3 Å². The molecule has 2 aromatic carbocycles. The first-order valence-electron chi connectivity index (χ1n) is 11.8. The summed E-state index contributed by atoms with van der Waals surface area (Å²) in [6.45, 7) is 5.79. The number of hydrogen-bond acceptors (Lipinski definition) is 7. The molecule has 1 aliphatic rings. The lowest BCUT2D eigenvalue weighted by Crippen LogP contribution is -2.55. The van der Waals surface area contributed by atoms with E-state index in [1.807, 2.05) is 31.2 Å². The maximum Gasteiger partial charge on any atom is 0.352 e. The van der Waals surface area contributed by atoms with Crippen LogP contribution in [-0.4, -0.2) is 51.7 Å². The Kier molecular flexibility index (Phi) is 10.9. The van der Waals surface area contributed by atoms with E-state index in [9.17, 15) is 24.3 Å². The van der Waals surface area contributed by atoms with Crippen LogP contribution >= 0.6 is 32.6 Å². The van der Waals surface area contributed by atoms with E-state index in [2.05, 4.69) is 26.5 Å². The van der Waals surface area contributed by atoms with Crippen molar-refractivity contribution < 1.29 is 29.0 Å². The lowest BCUT2D eigenvalue weighted by atomic mass is 10.0. The Hall–Kier alpha value is -3.39. The number of carboxylic acids is 1. The molecule has 3 rings (SSSR count). The molecule has 3 unspecified atom stereocenters. The second-order valence-electron chi connectivity index (χ2n) is 8.61. The van der Waals surface area contributed by atoms with Crippen LogP contribution in [0.2, 0.25) is 0 Å². The van der Waals surface area contributed by atoms with Crippen molar-refractivity contribution in [2.75, 3.05) is 12.1 Å². The Morgan fingerprint density at radius 2 is 1.97 bits per heavy atom. The second kappa shape index (κ2) is 14.1. The molecule has 1 aliphatic heterocycles. The van der Waals surface area contributed by atoms with E-state index in [-0.39, 0.29) is 24.2 Å². The van der Waals surface area contributed by atoms with Gasteiger partial charge in [-0.3, -0.25) is 9.59 Å². The van der Waals surface area contributed by atoms with Gasteiger partial charge in [-0.2, -0.15) is 0 Å². The molecule has 2 aromatic rings. The molecule has 0 fully saturated rings. The van der Waals surface area contributed by atoms with Crippen LogP contribution in [0.1, 0.15) is 16.7 Å². The van der Waals surface area contributed by atoms with Crippen molar-refractivity contribution in [3.63, 3.8) is 0 Å². The molecule has 39 heavy (non-hydrogen) atoms. The summed E-state index contributed by atoms with van der Waals surface area (Å²) in [5.41, 5.74) is 2.79. The quantitative estimate of drug-likeness (QED) is 0.220. The zero-order valence-electron chi connectivity index (χ0n) is 21.1. The summed E-state index contributed by atoms with van der Waals surface area (Å²) < 4.78 is 5.13. The first-order valence-corrected chi connectivity index (χ1v) is 14.1. The molecule has 1 heterocycles. The largest absolute Gasteiger partial charge is 0.477 e. The van der Waals surface area contributed by atoms with Crippen molar-refractivity contribution in [2.45, 2.75) is 24.8 Å². The van der Waals surface area contributed by atoms with E-state index >= 15 is 0 Å². The summed E-state index contributed by atoms with van der Waals surface area (Å²) in [7, 11) is 2.28. The minimum absolute atomic E-state index is 0.0248. The fourth-order valence-corrected chi connectivity index (χ4v) is 5.36. The average Bonchev–Trinajstić information content (AvgIpc) is 2.88. The molecule has 1 amide bonds. The average molecular weight is 587 g/mol. The zero-order valence-corrected chi connectivity index (χ0v) is 23.8. The first-order chi connectivity index (χ1) is 18.6. The lowest BCUT2D eigenvalue weighted by molar-refractivity contribution is -0.146. The molecule has 0 spiro atoms. The molecule has 0 saturated heterocycles. The number of ether oxygens (including phenoxy) is 1. The Bertz CT molecular complexity index is 1440. The second-order valence-corrected chi connectivity index (χ2v) is 10.4. The zero-order chi connectivity index (χ0) is 28.5. The van der Waals surface area contributed by atoms with E-state index in [0.29, 0.717) is 16.0 Å². The number of carbonyl (C=O) groups is 4. The van der Waals surface area contributed by atoms with Crippen LogP contribution in [0.15, 0.2) is 59.8 Å². The van der Waals surface area contributed by atoms with Crippen molar-refractivity contribution in [2.24, 2.45) is 0 Å². The number of hydrogen-bond donors (Lipinski definition) is 3. The van der Waals surface area contributed by atoms with E-state index in [4.69, 9.17) is 16.3 Å². The number of esters is 1. The molecular weight excluding hydrogens is 559 g/mol. The van der Waals surface area contributed by atoms with Crippen LogP contribution in [0.5, 0.6) is 0 Å². The highest BCUT2D eigenvalue weighted by Gasteiger charge is 2.36. The highest BCUT2D eigenvalue weighted by molar-refractivity contribution is 8.00. The fourth-order valence-electron chi connectivity index (χ4n) is 3.90. The van der Waals surface area contributed by atoms with Gasteiger partial charge < -0.3 is 20.5 Å². The molecule has 3 atom stereocenters. The minimum Gasteiger partial charge on any atom is -0.477 e. The van der Waals surface area contributed by atoms with Gasteiger partial charge >= 0.3 is 11.9 Å². The number of thioether (sulfide) groups is 1. The number of carboxylic acid groups (broad SMARTS) is 1. The summed E-state index contributed by atoms with van der Waals surface area (Å²) in [5.74, 6) is -2.03. The molecule has 0 radical (unpaired) electrons. The number of aryl methyl sites for hydroxylation is 1.